The standard InChI is InChI=1S/C28H32F7N3O3/c1-16-10-20(29)6-7-22(16)23-14-21(36-24(39)41-26(2,3)4)8-9-38(23)25(40)37(5)15-17-11-18(27(30,31)32)13-19(12-17)28(33,34)35/h6-7,10-13,21,23H,8-9,14-15H2,1-5H3,(H,36,39)/t21-,23+/m1/s1. The smallest absolute Gasteiger partial charge is 0.416 e. The zero-order chi connectivity index (χ0) is 30.9. The highest BCUT2D eigenvalue weighted by molar-refractivity contribution is 5.75. The molecule has 3 amide bonds. The van der Waals surface area contributed by atoms with E-state index in [2.05, 4.69) is 5.32 Å². The van der Waals surface area contributed by atoms with Crippen LogP contribution >= 0.6 is 0 Å². The Kier molecular flexibility index (Phi) is 9.19. The molecule has 2 aromatic carbocycles. The molecule has 1 N–H and O–H groups in total. The lowest BCUT2D eigenvalue weighted by Gasteiger charge is -2.42. The number of carbonyl (C=O) groups excluding carboxylic acids is 2. The molecular formula is C28H32F7N3O3. The number of likely N-dealkylation sites (tertiary alicyclic amines) is 1. The number of hydrogen-bond acceptors (Lipinski definition) is 3. The maximum atomic E-state index is 13.9. The molecule has 1 heterocycles. The molecule has 0 aliphatic carbocycles. The summed E-state index contributed by atoms with van der Waals surface area (Å²) < 4.78 is 99.1. The number of halogens is 7. The number of rotatable bonds is 4. The van der Waals surface area contributed by atoms with Crippen LogP contribution in [0.5, 0.6) is 0 Å². The quantitative estimate of drug-likeness (QED) is 0.376. The van der Waals surface area contributed by atoms with Gasteiger partial charge >= 0.3 is 24.5 Å². The molecule has 1 saturated heterocycles. The van der Waals surface area contributed by atoms with Crippen molar-refractivity contribution in [2.24, 2.45) is 0 Å². The second kappa shape index (κ2) is 11.8. The predicted molar refractivity (Wildman–Crippen MR) is 136 cm³/mol. The summed E-state index contributed by atoms with van der Waals surface area (Å²) in [7, 11) is 1.27. The maximum Gasteiger partial charge on any atom is 0.416 e. The second-order valence-corrected chi connectivity index (χ2v) is 11.1. The van der Waals surface area contributed by atoms with Crippen LogP contribution in [0.3, 0.4) is 0 Å². The zero-order valence-electron chi connectivity index (χ0n) is 23.2. The number of carbonyl (C=O) groups is 2. The summed E-state index contributed by atoms with van der Waals surface area (Å²) in [5.41, 5.74) is -2.93. The summed E-state index contributed by atoms with van der Waals surface area (Å²) in [5.74, 6) is -0.495. The fourth-order valence-corrected chi connectivity index (χ4v) is 4.78. The van der Waals surface area contributed by atoms with E-state index in [-0.39, 0.29) is 24.6 Å². The van der Waals surface area contributed by atoms with Crippen molar-refractivity contribution in [1.82, 2.24) is 15.1 Å². The van der Waals surface area contributed by atoms with Gasteiger partial charge < -0.3 is 19.9 Å². The highest BCUT2D eigenvalue weighted by atomic mass is 19.4. The number of amides is 3. The lowest BCUT2D eigenvalue weighted by molar-refractivity contribution is -0.143. The van der Waals surface area contributed by atoms with E-state index in [1.54, 1.807) is 27.7 Å². The minimum absolute atomic E-state index is 0.0289. The largest absolute Gasteiger partial charge is 0.444 e. The topological polar surface area (TPSA) is 61.9 Å². The molecule has 6 nitrogen and oxygen atoms in total. The van der Waals surface area contributed by atoms with E-state index < -0.39 is 65.7 Å². The van der Waals surface area contributed by atoms with Gasteiger partial charge in [0.1, 0.15) is 11.4 Å². The van der Waals surface area contributed by atoms with Crippen LogP contribution in [0.4, 0.5) is 40.3 Å². The van der Waals surface area contributed by atoms with E-state index >= 15 is 0 Å². The van der Waals surface area contributed by atoms with Gasteiger partial charge in [0.15, 0.2) is 0 Å². The van der Waals surface area contributed by atoms with Crippen LogP contribution in [0.2, 0.25) is 0 Å². The molecule has 1 aliphatic rings. The number of benzene rings is 2. The first-order valence-corrected chi connectivity index (χ1v) is 12.8. The summed E-state index contributed by atoms with van der Waals surface area (Å²) >= 11 is 0. The van der Waals surface area contributed by atoms with E-state index in [9.17, 15) is 40.3 Å². The number of alkyl carbamates (subject to hydrolysis) is 1. The molecule has 3 rings (SSSR count). The number of ether oxygens (including phenoxy) is 1. The predicted octanol–water partition coefficient (Wildman–Crippen LogP) is 7.45. The Hall–Kier alpha value is -3.51. The van der Waals surface area contributed by atoms with Gasteiger partial charge in [-0.1, -0.05) is 6.07 Å². The molecule has 2 aromatic rings. The molecule has 0 saturated carbocycles. The van der Waals surface area contributed by atoms with E-state index in [1.807, 2.05) is 0 Å². The number of nitrogens with one attached hydrogen (secondary N) is 1. The molecule has 13 heteroatoms. The van der Waals surface area contributed by atoms with Gasteiger partial charge in [-0.15, -0.1) is 0 Å². The van der Waals surface area contributed by atoms with Crippen LogP contribution in [-0.4, -0.2) is 47.2 Å². The van der Waals surface area contributed by atoms with Crippen LogP contribution in [0.1, 0.15) is 67.5 Å². The Balaban J connectivity index is 1.88. The Labute approximate surface area is 233 Å². The molecule has 41 heavy (non-hydrogen) atoms. The van der Waals surface area contributed by atoms with E-state index in [0.29, 0.717) is 29.7 Å². The van der Waals surface area contributed by atoms with Gasteiger partial charge in [-0.3, -0.25) is 0 Å². The van der Waals surface area contributed by atoms with Gasteiger partial charge in [-0.25, -0.2) is 14.0 Å². The van der Waals surface area contributed by atoms with Crippen LogP contribution in [0.15, 0.2) is 36.4 Å². The fraction of sp³-hybridized carbons (Fsp3) is 0.500. The van der Waals surface area contributed by atoms with Crippen molar-refractivity contribution in [3.63, 3.8) is 0 Å². The Bertz CT molecular complexity index is 1240. The fourth-order valence-electron chi connectivity index (χ4n) is 4.78. The summed E-state index contributed by atoms with van der Waals surface area (Å²) in [5, 5.41) is 2.78. The Morgan fingerprint density at radius 3 is 2.10 bits per heavy atom. The number of hydrogen-bond donors (Lipinski definition) is 1. The maximum absolute atomic E-state index is 13.9. The zero-order valence-corrected chi connectivity index (χ0v) is 23.2. The Morgan fingerprint density at radius 2 is 1.59 bits per heavy atom. The molecule has 0 aromatic heterocycles. The van der Waals surface area contributed by atoms with Crippen molar-refractivity contribution in [2.45, 2.75) is 77.1 Å². The van der Waals surface area contributed by atoms with Gasteiger partial charge in [0.05, 0.1) is 17.2 Å². The van der Waals surface area contributed by atoms with Crippen LogP contribution in [-0.2, 0) is 23.6 Å². The van der Waals surface area contributed by atoms with Gasteiger partial charge in [0, 0.05) is 26.2 Å². The number of nitrogens with zero attached hydrogens (tertiary/aromatic N) is 2. The van der Waals surface area contributed by atoms with E-state index in [1.165, 1.54) is 30.1 Å². The van der Waals surface area contributed by atoms with Gasteiger partial charge in [0.25, 0.3) is 0 Å². The normalized spacial score (nSPS) is 18.2. The number of piperidine rings is 1. The SMILES string of the molecule is Cc1cc(F)ccc1[C@@H]1C[C@H](NC(=O)OC(C)(C)C)CCN1C(=O)N(C)Cc1cc(C(F)(F)F)cc(C(F)(F)F)c1. The minimum atomic E-state index is -5.02. The van der Waals surface area contributed by atoms with Crippen molar-refractivity contribution < 1.29 is 45.1 Å². The van der Waals surface area contributed by atoms with Crippen molar-refractivity contribution in [1.29, 1.82) is 0 Å². The summed E-state index contributed by atoms with van der Waals surface area (Å²) in [4.78, 5) is 28.4. The first-order chi connectivity index (χ1) is 18.7. The van der Waals surface area contributed by atoms with Gasteiger partial charge in [-0.2, -0.15) is 26.3 Å². The first-order valence-electron chi connectivity index (χ1n) is 12.8. The molecule has 0 bridgehead atoms. The highest BCUT2D eigenvalue weighted by Crippen LogP contribution is 2.37. The lowest BCUT2D eigenvalue weighted by atomic mass is 9.89. The summed E-state index contributed by atoms with van der Waals surface area (Å²) in [6, 6.07) is 3.46. The molecule has 0 unspecified atom stereocenters. The van der Waals surface area contributed by atoms with Crippen molar-refractivity contribution in [3.05, 3.63) is 70.0 Å². The number of urea groups is 1. The summed E-state index contributed by atoms with van der Waals surface area (Å²) in [6.07, 6.45) is -10.2. The van der Waals surface area contributed by atoms with Crippen molar-refractivity contribution >= 4 is 12.1 Å². The molecule has 1 aliphatic heterocycles. The average Bonchev–Trinajstić information content (AvgIpc) is 2.81. The van der Waals surface area contributed by atoms with E-state index in [4.69, 9.17) is 4.74 Å². The Morgan fingerprint density at radius 1 is 1.00 bits per heavy atom. The molecule has 226 valence electrons. The van der Waals surface area contributed by atoms with Crippen molar-refractivity contribution in [3.8, 4) is 0 Å². The van der Waals surface area contributed by atoms with E-state index in [0.717, 1.165) is 4.90 Å². The molecule has 0 spiro atoms. The molecule has 1 fully saturated rings. The molecule has 0 radical (unpaired) electrons. The third kappa shape index (κ3) is 8.49. The van der Waals surface area contributed by atoms with Gasteiger partial charge in [-0.05, 0) is 87.6 Å². The highest BCUT2D eigenvalue weighted by Gasteiger charge is 2.38. The summed E-state index contributed by atoms with van der Waals surface area (Å²) in [6.45, 7) is 6.33. The molecular weight excluding hydrogens is 559 g/mol. The lowest BCUT2D eigenvalue weighted by Crippen LogP contribution is -2.51. The monoisotopic (exact) mass is 591 g/mol. The van der Waals surface area contributed by atoms with Crippen LogP contribution in [0, 0.1) is 12.7 Å². The third-order valence-electron chi connectivity index (χ3n) is 6.55. The van der Waals surface area contributed by atoms with Gasteiger partial charge in [0.2, 0.25) is 0 Å². The molecule has 2 atom stereocenters. The first kappa shape index (κ1) is 32.0. The van der Waals surface area contributed by atoms with Crippen molar-refractivity contribution in [2.75, 3.05) is 13.6 Å². The van der Waals surface area contributed by atoms with Crippen LogP contribution < -0.4 is 5.32 Å². The average molecular weight is 592 g/mol. The second-order valence-electron chi connectivity index (χ2n) is 11.1. The third-order valence-corrected chi connectivity index (χ3v) is 6.55. The minimum Gasteiger partial charge on any atom is -0.444 e. The van der Waals surface area contributed by atoms with Crippen LogP contribution in [0.25, 0.3) is 0 Å². The number of alkyl halides is 6. The number of aryl methyl sites for hydroxylation is 1.